The molecule has 0 heterocycles. The molecule has 2 N–H and O–H groups in total. The molecule has 14 heavy (non-hydrogen) atoms. The lowest BCUT2D eigenvalue weighted by molar-refractivity contribution is 0.126. The molecule has 0 aliphatic heterocycles. The molecule has 0 fully saturated rings. The summed E-state index contributed by atoms with van der Waals surface area (Å²) < 4.78 is 0. The molecular formula is C12H26O2. The van der Waals surface area contributed by atoms with E-state index in [-0.39, 0.29) is 12.7 Å². The van der Waals surface area contributed by atoms with Crippen LogP contribution in [0.5, 0.6) is 0 Å². The molecule has 0 aromatic carbocycles. The molecule has 0 rings (SSSR count). The van der Waals surface area contributed by atoms with E-state index in [0.717, 1.165) is 32.1 Å². The summed E-state index contributed by atoms with van der Waals surface area (Å²) >= 11 is 0. The maximum atomic E-state index is 9.72. The van der Waals surface area contributed by atoms with Gasteiger partial charge in [-0.2, -0.15) is 0 Å². The van der Waals surface area contributed by atoms with Crippen molar-refractivity contribution in [1.82, 2.24) is 0 Å². The van der Waals surface area contributed by atoms with E-state index < -0.39 is 0 Å². The summed E-state index contributed by atoms with van der Waals surface area (Å²) in [5.74, 6) is 0.683. The minimum Gasteiger partial charge on any atom is -0.396 e. The van der Waals surface area contributed by atoms with Crippen molar-refractivity contribution in [2.24, 2.45) is 5.92 Å². The number of aliphatic hydroxyl groups is 2. The van der Waals surface area contributed by atoms with E-state index in [1.54, 1.807) is 0 Å². The van der Waals surface area contributed by atoms with Gasteiger partial charge in [0.05, 0.1) is 6.10 Å². The van der Waals surface area contributed by atoms with E-state index in [0.29, 0.717) is 5.92 Å². The molecule has 0 bridgehead atoms. The van der Waals surface area contributed by atoms with Crippen LogP contribution in [-0.2, 0) is 0 Å². The first-order chi connectivity index (χ1) is 6.74. The van der Waals surface area contributed by atoms with Gasteiger partial charge in [-0.05, 0) is 25.2 Å². The van der Waals surface area contributed by atoms with Crippen molar-refractivity contribution in [2.45, 2.75) is 64.9 Å². The molecule has 2 heteroatoms. The summed E-state index contributed by atoms with van der Waals surface area (Å²) in [5.41, 5.74) is 0. The fourth-order valence-electron chi connectivity index (χ4n) is 1.79. The summed E-state index contributed by atoms with van der Waals surface area (Å²) in [6, 6.07) is 0. The normalized spacial score (nSPS) is 13.5. The highest BCUT2D eigenvalue weighted by Crippen LogP contribution is 2.17. The van der Waals surface area contributed by atoms with E-state index in [4.69, 9.17) is 5.11 Å². The first kappa shape index (κ1) is 13.9. The lowest BCUT2D eigenvalue weighted by Gasteiger charge is -2.17. The monoisotopic (exact) mass is 202 g/mol. The first-order valence-electron chi connectivity index (χ1n) is 6.03. The maximum Gasteiger partial charge on any atom is 0.0542 e. The van der Waals surface area contributed by atoms with E-state index in [1.807, 2.05) is 0 Å². The van der Waals surface area contributed by atoms with Crippen LogP contribution in [-0.4, -0.2) is 22.9 Å². The Balaban J connectivity index is 3.38. The van der Waals surface area contributed by atoms with Crippen molar-refractivity contribution in [3.8, 4) is 0 Å². The van der Waals surface area contributed by atoms with Crippen LogP contribution in [0.1, 0.15) is 58.8 Å². The third-order valence-corrected chi connectivity index (χ3v) is 2.96. The smallest absolute Gasteiger partial charge is 0.0542 e. The highest BCUT2D eigenvalue weighted by Gasteiger charge is 2.10. The number of rotatable bonds is 9. The van der Waals surface area contributed by atoms with Gasteiger partial charge in [-0.1, -0.05) is 39.5 Å². The summed E-state index contributed by atoms with van der Waals surface area (Å²) in [6.07, 6.45) is 7.02. The van der Waals surface area contributed by atoms with Gasteiger partial charge in [-0.15, -0.1) is 0 Å². The Morgan fingerprint density at radius 3 is 2.14 bits per heavy atom. The minimum atomic E-state index is -0.126. The van der Waals surface area contributed by atoms with Gasteiger partial charge in [0.1, 0.15) is 0 Å². The Hall–Kier alpha value is -0.0800. The standard InChI is InChI=1S/C12H26O2/c1-3-11(4-2)10-12(14)8-6-5-7-9-13/h11-14H,3-10H2,1-2H3. The zero-order valence-electron chi connectivity index (χ0n) is 9.71. The zero-order chi connectivity index (χ0) is 10.8. The third kappa shape index (κ3) is 7.34. The summed E-state index contributed by atoms with van der Waals surface area (Å²) in [5, 5.41) is 18.3. The fraction of sp³-hybridized carbons (Fsp3) is 1.00. The van der Waals surface area contributed by atoms with Crippen molar-refractivity contribution in [3.63, 3.8) is 0 Å². The van der Waals surface area contributed by atoms with Gasteiger partial charge in [0.2, 0.25) is 0 Å². The van der Waals surface area contributed by atoms with Crippen LogP contribution < -0.4 is 0 Å². The highest BCUT2D eigenvalue weighted by atomic mass is 16.3. The van der Waals surface area contributed by atoms with Crippen molar-refractivity contribution < 1.29 is 10.2 Å². The van der Waals surface area contributed by atoms with Crippen LogP contribution in [0.4, 0.5) is 0 Å². The average Bonchev–Trinajstić information content (AvgIpc) is 2.21. The molecule has 0 radical (unpaired) electrons. The number of hydrogen-bond acceptors (Lipinski definition) is 2. The lowest BCUT2D eigenvalue weighted by atomic mass is 9.94. The molecule has 1 atom stereocenters. The molecule has 2 nitrogen and oxygen atoms in total. The second-order valence-corrected chi connectivity index (χ2v) is 4.14. The second-order valence-electron chi connectivity index (χ2n) is 4.14. The van der Waals surface area contributed by atoms with Crippen LogP contribution >= 0.6 is 0 Å². The van der Waals surface area contributed by atoms with Crippen LogP contribution in [0.3, 0.4) is 0 Å². The minimum absolute atomic E-state index is 0.126. The Kier molecular flexibility index (Phi) is 9.42. The number of hydrogen-bond donors (Lipinski definition) is 2. The maximum absolute atomic E-state index is 9.72. The summed E-state index contributed by atoms with van der Waals surface area (Å²) in [4.78, 5) is 0. The van der Waals surface area contributed by atoms with Gasteiger partial charge < -0.3 is 10.2 Å². The zero-order valence-corrected chi connectivity index (χ0v) is 9.71. The number of aliphatic hydroxyl groups excluding tert-OH is 2. The molecule has 0 aliphatic rings. The molecule has 86 valence electrons. The Bertz CT molecular complexity index is 111. The van der Waals surface area contributed by atoms with Crippen molar-refractivity contribution in [2.75, 3.05) is 6.61 Å². The van der Waals surface area contributed by atoms with Gasteiger partial charge >= 0.3 is 0 Å². The van der Waals surface area contributed by atoms with Crippen molar-refractivity contribution in [1.29, 1.82) is 0 Å². The van der Waals surface area contributed by atoms with Gasteiger partial charge in [-0.3, -0.25) is 0 Å². The van der Waals surface area contributed by atoms with Gasteiger partial charge in [0.25, 0.3) is 0 Å². The molecule has 1 unspecified atom stereocenters. The van der Waals surface area contributed by atoms with Crippen LogP contribution in [0.2, 0.25) is 0 Å². The van der Waals surface area contributed by atoms with Crippen LogP contribution in [0.15, 0.2) is 0 Å². The Labute approximate surface area is 88.3 Å². The van der Waals surface area contributed by atoms with Crippen molar-refractivity contribution >= 4 is 0 Å². The van der Waals surface area contributed by atoms with Crippen LogP contribution in [0, 0.1) is 5.92 Å². The SMILES string of the molecule is CCC(CC)CC(O)CCCCCO. The topological polar surface area (TPSA) is 40.5 Å². The quantitative estimate of drug-likeness (QED) is 0.564. The van der Waals surface area contributed by atoms with E-state index in [9.17, 15) is 5.11 Å². The predicted octanol–water partition coefficient (Wildman–Crippen LogP) is 2.73. The van der Waals surface area contributed by atoms with Gasteiger partial charge in [-0.25, -0.2) is 0 Å². The second kappa shape index (κ2) is 9.47. The molecular weight excluding hydrogens is 176 g/mol. The molecule has 0 amide bonds. The molecule has 0 aliphatic carbocycles. The van der Waals surface area contributed by atoms with Crippen LogP contribution in [0.25, 0.3) is 0 Å². The van der Waals surface area contributed by atoms with E-state index >= 15 is 0 Å². The van der Waals surface area contributed by atoms with E-state index in [1.165, 1.54) is 12.8 Å². The number of unbranched alkanes of at least 4 members (excludes halogenated alkanes) is 2. The summed E-state index contributed by atoms with van der Waals surface area (Å²) in [7, 11) is 0. The molecule has 0 aromatic rings. The average molecular weight is 202 g/mol. The first-order valence-corrected chi connectivity index (χ1v) is 6.03. The molecule has 0 saturated heterocycles. The largest absolute Gasteiger partial charge is 0.396 e. The molecule has 0 spiro atoms. The molecule has 0 saturated carbocycles. The van der Waals surface area contributed by atoms with Gasteiger partial charge in [0, 0.05) is 6.61 Å². The van der Waals surface area contributed by atoms with Crippen molar-refractivity contribution in [3.05, 3.63) is 0 Å². The highest BCUT2D eigenvalue weighted by molar-refractivity contribution is 4.63. The summed E-state index contributed by atoms with van der Waals surface area (Å²) in [6.45, 7) is 4.65. The predicted molar refractivity (Wildman–Crippen MR) is 60.2 cm³/mol. The molecule has 0 aromatic heterocycles. The Morgan fingerprint density at radius 2 is 1.64 bits per heavy atom. The Morgan fingerprint density at radius 1 is 1.00 bits per heavy atom. The fourth-order valence-corrected chi connectivity index (χ4v) is 1.79. The lowest BCUT2D eigenvalue weighted by Crippen LogP contribution is -2.12. The van der Waals surface area contributed by atoms with E-state index in [2.05, 4.69) is 13.8 Å². The third-order valence-electron chi connectivity index (χ3n) is 2.96. The van der Waals surface area contributed by atoms with Gasteiger partial charge in [0.15, 0.2) is 0 Å².